The third kappa shape index (κ3) is 6.76. The van der Waals surface area contributed by atoms with Crippen LogP contribution in [0.25, 0.3) is 0 Å². The molecule has 0 saturated carbocycles. The van der Waals surface area contributed by atoms with Crippen molar-refractivity contribution in [1.82, 2.24) is 4.98 Å². The van der Waals surface area contributed by atoms with Gasteiger partial charge >= 0.3 is 0 Å². The Balaban J connectivity index is 1.61. The zero-order valence-corrected chi connectivity index (χ0v) is 18.1. The summed E-state index contributed by atoms with van der Waals surface area (Å²) in [6.45, 7) is 4.00. The van der Waals surface area contributed by atoms with E-state index >= 15 is 0 Å². The first-order chi connectivity index (χ1) is 16.0. The maximum atomic E-state index is 12.3. The smallest absolute Gasteiger partial charge is 0.287 e. The first kappa shape index (κ1) is 23.2. The van der Waals surface area contributed by atoms with Crippen molar-refractivity contribution in [1.29, 1.82) is 0 Å². The zero-order valence-electron chi connectivity index (χ0n) is 18.1. The molecular formula is C23H23N5O5. The molecule has 0 atom stereocenters. The van der Waals surface area contributed by atoms with Gasteiger partial charge in [0.2, 0.25) is 0 Å². The molecule has 0 spiro atoms. The Kier molecular flexibility index (Phi) is 7.90. The fourth-order valence-electron chi connectivity index (χ4n) is 2.77. The molecule has 0 radical (unpaired) electrons. The second-order valence-electron chi connectivity index (χ2n) is 6.82. The van der Waals surface area contributed by atoms with Crippen molar-refractivity contribution >= 4 is 29.3 Å². The molecular weight excluding hydrogens is 426 g/mol. The SMILES string of the molecule is CCOc1cc(/C=N\Nc2ccc([N+](=O)[O-])cn2)ccc1OCC(=O)Nc1ccccc1C. The number of amides is 1. The number of hydrazone groups is 1. The summed E-state index contributed by atoms with van der Waals surface area (Å²) in [5.74, 6) is 0.983. The lowest BCUT2D eigenvalue weighted by Crippen LogP contribution is -2.20. The molecule has 10 nitrogen and oxygen atoms in total. The second-order valence-corrected chi connectivity index (χ2v) is 6.82. The second kappa shape index (κ2) is 11.2. The van der Waals surface area contributed by atoms with Crippen LogP contribution in [0.15, 0.2) is 65.9 Å². The summed E-state index contributed by atoms with van der Waals surface area (Å²) < 4.78 is 11.3. The van der Waals surface area contributed by atoms with Crippen molar-refractivity contribution in [3.05, 3.63) is 82.0 Å². The maximum Gasteiger partial charge on any atom is 0.287 e. The number of hydrogen-bond donors (Lipinski definition) is 2. The maximum absolute atomic E-state index is 12.3. The topological polar surface area (TPSA) is 128 Å². The van der Waals surface area contributed by atoms with Crippen LogP contribution in [-0.4, -0.2) is 35.2 Å². The molecule has 3 rings (SSSR count). The molecule has 0 unspecified atom stereocenters. The predicted molar refractivity (Wildman–Crippen MR) is 125 cm³/mol. The van der Waals surface area contributed by atoms with E-state index in [2.05, 4.69) is 20.8 Å². The van der Waals surface area contributed by atoms with Crippen molar-refractivity contribution in [3.63, 3.8) is 0 Å². The van der Waals surface area contributed by atoms with Gasteiger partial charge in [-0.3, -0.25) is 20.3 Å². The van der Waals surface area contributed by atoms with Gasteiger partial charge in [0.25, 0.3) is 11.6 Å². The summed E-state index contributed by atoms with van der Waals surface area (Å²) in [6.07, 6.45) is 2.69. The molecule has 0 aliphatic carbocycles. The number of carbonyl (C=O) groups excluding carboxylic acids is 1. The molecule has 10 heteroatoms. The normalized spacial score (nSPS) is 10.6. The Morgan fingerprint density at radius 3 is 2.67 bits per heavy atom. The fraction of sp³-hybridized carbons (Fsp3) is 0.174. The zero-order chi connectivity index (χ0) is 23.6. The van der Waals surface area contributed by atoms with Gasteiger partial charge in [0.1, 0.15) is 12.0 Å². The van der Waals surface area contributed by atoms with Crippen LogP contribution in [0.2, 0.25) is 0 Å². The van der Waals surface area contributed by atoms with Crippen molar-refractivity contribution in [3.8, 4) is 11.5 Å². The Morgan fingerprint density at radius 1 is 1.15 bits per heavy atom. The van der Waals surface area contributed by atoms with Crippen molar-refractivity contribution in [2.24, 2.45) is 5.10 Å². The van der Waals surface area contributed by atoms with Crippen molar-refractivity contribution < 1.29 is 19.2 Å². The number of rotatable bonds is 10. The number of aromatic nitrogens is 1. The molecule has 0 bridgehead atoms. The van der Waals surface area contributed by atoms with E-state index in [0.29, 0.717) is 29.5 Å². The van der Waals surface area contributed by atoms with Crippen LogP contribution in [0.3, 0.4) is 0 Å². The van der Waals surface area contributed by atoms with Gasteiger partial charge in [-0.2, -0.15) is 5.10 Å². The Hall–Kier alpha value is -4.47. The van der Waals surface area contributed by atoms with Gasteiger partial charge in [-0.25, -0.2) is 4.98 Å². The summed E-state index contributed by atoms with van der Waals surface area (Å²) in [7, 11) is 0. The summed E-state index contributed by atoms with van der Waals surface area (Å²) >= 11 is 0. The Bertz CT molecular complexity index is 1150. The number of nitrogens with one attached hydrogen (secondary N) is 2. The van der Waals surface area contributed by atoms with E-state index in [1.54, 1.807) is 24.4 Å². The van der Waals surface area contributed by atoms with Crippen LogP contribution in [0.4, 0.5) is 17.2 Å². The Labute approximate surface area is 190 Å². The van der Waals surface area contributed by atoms with Crippen LogP contribution in [-0.2, 0) is 4.79 Å². The van der Waals surface area contributed by atoms with Crippen molar-refractivity contribution in [2.75, 3.05) is 24.0 Å². The summed E-state index contributed by atoms with van der Waals surface area (Å²) in [5.41, 5.74) is 5.01. The van der Waals surface area contributed by atoms with Crippen LogP contribution in [0.1, 0.15) is 18.1 Å². The van der Waals surface area contributed by atoms with E-state index in [-0.39, 0.29) is 18.2 Å². The number of nitro groups is 1. The lowest BCUT2D eigenvalue weighted by molar-refractivity contribution is -0.385. The number of aryl methyl sites for hydroxylation is 1. The third-order valence-electron chi connectivity index (χ3n) is 4.40. The molecule has 0 aliphatic heterocycles. The molecule has 33 heavy (non-hydrogen) atoms. The summed E-state index contributed by atoms with van der Waals surface area (Å²) in [5, 5.41) is 17.6. The van der Waals surface area contributed by atoms with E-state index in [0.717, 1.165) is 17.4 Å². The number of hydrogen-bond acceptors (Lipinski definition) is 8. The molecule has 1 heterocycles. The summed E-state index contributed by atoms with van der Waals surface area (Å²) in [6, 6.07) is 15.5. The van der Waals surface area contributed by atoms with E-state index < -0.39 is 4.92 Å². The first-order valence-corrected chi connectivity index (χ1v) is 10.1. The number of para-hydroxylation sites is 1. The number of anilines is 2. The van der Waals surface area contributed by atoms with Crippen LogP contribution >= 0.6 is 0 Å². The first-order valence-electron chi connectivity index (χ1n) is 10.1. The highest BCUT2D eigenvalue weighted by atomic mass is 16.6. The van der Waals surface area contributed by atoms with Crippen LogP contribution in [0, 0.1) is 17.0 Å². The standard InChI is InChI=1S/C23H23N5O5/c1-3-32-21-12-17(13-25-27-22-11-9-18(14-24-22)28(30)31)8-10-20(21)33-15-23(29)26-19-7-5-4-6-16(19)2/h4-14H,3,15H2,1-2H3,(H,24,27)(H,26,29)/b25-13-. The van der Waals surface area contributed by atoms with Crippen LogP contribution in [0.5, 0.6) is 11.5 Å². The van der Waals surface area contributed by atoms with Gasteiger partial charge in [0.15, 0.2) is 18.1 Å². The molecule has 3 aromatic rings. The monoisotopic (exact) mass is 449 g/mol. The Morgan fingerprint density at radius 2 is 1.97 bits per heavy atom. The molecule has 0 aliphatic rings. The molecule has 1 aromatic heterocycles. The number of ether oxygens (including phenoxy) is 2. The third-order valence-corrected chi connectivity index (χ3v) is 4.40. The summed E-state index contributed by atoms with van der Waals surface area (Å²) in [4.78, 5) is 26.3. The average molecular weight is 449 g/mol. The lowest BCUT2D eigenvalue weighted by atomic mass is 10.2. The minimum Gasteiger partial charge on any atom is -0.490 e. The minimum absolute atomic E-state index is 0.103. The van der Waals surface area contributed by atoms with Gasteiger partial charge < -0.3 is 14.8 Å². The number of benzene rings is 2. The highest BCUT2D eigenvalue weighted by Crippen LogP contribution is 2.28. The molecule has 2 N–H and O–H groups in total. The van der Waals surface area contributed by atoms with Gasteiger partial charge in [-0.05, 0) is 55.3 Å². The number of nitrogens with zero attached hydrogens (tertiary/aromatic N) is 3. The predicted octanol–water partition coefficient (Wildman–Crippen LogP) is 4.16. The van der Waals surface area contributed by atoms with E-state index in [4.69, 9.17) is 9.47 Å². The average Bonchev–Trinajstić information content (AvgIpc) is 2.80. The van der Waals surface area contributed by atoms with Crippen molar-refractivity contribution in [2.45, 2.75) is 13.8 Å². The molecule has 1 amide bonds. The van der Waals surface area contributed by atoms with E-state index in [1.807, 2.05) is 38.1 Å². The number of carbonyl (C=O) groups is 1. The van der Waals surface area contributed by atoms with Gasteiger partial charge in [-0.15, -0.1) is 0 Å². The van der Waals surface area contributed by atoms with Gasteiger partial charge in [0, 0.05) is 11.8 Å². The minimum atomic E-state index is -0.523. The molecule has 0 saturated heterocycles. The number of pyridine rings is 1. The fourth-order valence-corrected chi connectivity index (χ4v) is 2.77. The van der Waals surface area contributed by atoms with E-state index in [9.17, 15) is 14.9 Å². The van der Waals surface area contributed by atoms with Gasteiger partial charge in [-0.1, -0.05) is 18.2 Å². The van der Waals surface area contributed by atoms with Gasteiger partial charge in [0.05, 0.1) is 17.7 Å². The largest absolute Gasteiger partial charge is 0.490 e. The lowest BCUT2D eigenvalue weighted by Gasteiger charge is -2.13. The quantitative estimate of drug-likeness (QED) is 0.270. The highest BCUT2D eigenvalue weighted by Gasteiger charge is 2.10. The molecule has 0 fully saturated rings. The highest BCUT2D eigenvalue weighted by molar-refractivity contribution is 5.92. The molecule has 2 aromatic carbocycles. The molecule has 170 valence electrons. The van der Waals surface area contributed by atoms with E-state index in [1.165, 1.54) is 12.1 Å². The van der Waals surface area contributed by atoms with Crippen LogP contribution < -0.4 is 20.2 Å².